The van der Waals surface area contributed by atoms with Gasteiger partial charge in [0.2, 0.25) is 0 Å². The zero-order valence-corrected chi connectivity index (χ0v) is 6.29. The minimum absolute atomic E-state index is 0.0233. The van der Waals surface area contributed by atoms with Crippen molar-refractivity contribution in [3.63, 3.8) is 0 Å². The molecule has 0 aliphatic carbocycles. The second-order valence-corrected chi connectivity index (χ2v) is 2.89. The topological polar surface area (TPSA) is 69.6 Å². The van der Waals surface area contributed by atoms with Crippen LogP contribution < -0.4 is 5.32 Å². The van der Waals surface area contributed by atoms with Gasteiger partial charge < -0.3 is 15.5 Å². The Morgan fingerprint density at radius 3 is 2.91 bits per heavy atom. The molecule has 0 spiro atoms. The van der Waals surface area contributed by atoms with Crippen molar-refractivity contribution in [3.05, 3.63) is 0 Å². The van der Waals surface area contributed by atoms with Crippen LogP contribution in [0.5, 0.6) is 0 Å². The predicted octanol–water partition coefficient (Wildman–Crippen LogP) is -0.569. The summed E-state index contributed by atoms with van der Waals surface area (Å²) in [5.74, 6) is -1.02. The fourth-order valence-corrected chi connectivity index (χ4v) is 1.37. The first-order chi connectivity index (χ1) is 5.24. The maximum atomic E-state index is 10.5. The second-order valence-electron chi connectivity index (χ2n) is 2.89. The lowest BCUT2D eigenvalue weighted by Crippen LogP contribution is -2.42. The third kappa shape index (κ3) is 2.17. The van der Waals surface area contributed by atoms with E-state index in [1.165, 1.54) is 0 Å². The third-order valence-corrected chi connectivity index (χ3v) is 2.06. The number of carboxylic acids is 1. The van der Waals surface area contributed by atoms with E-state index < -0.39 is 5.97 Å². The van der Waals surface area contributed by atoms with Crippen LogP contribution in [0.2, 0.25) is 0 Å². The number of carbonyl (C=O) groups is 1. The van der Waals surface area contributed by atoms with Gasteiger partial charge in [-0.15, -0.1) is 0 Å². The molecular formula is C7H13NO3. The van der Waals surface area contributed by atoms with Crippen LogP contribution in [0.3, 0.4) is 0 Å². The fourth-order valence-electron chi connectivity index (χ4n) is 1.37. The molecule has 11 heavy (non-hydrogen) atoms. The summed E-state index contributed by atoms with van der Waals surface area (Å²) in [4.78, 5) is 10.5. The van der Waals surface area contributed by atoms with Gasteiger partial charge in [0.1, 0.15) is 0 Å². The summed E-state index contributed by atoms with van der Waals surface area (Å²) < 4.78 is 0. The van der Waals surface area contributed by atoms with E-state index in [0.717, 1.165) is 0 Å². The zero-order chi connectivity index (χ0) is 8.27. The number of hydrogen-bond acceptors (Lipinski definition) is 3. The number of aliphatic hydroxyl groups is 1. The molecule has 0 aromatic heterocycles. The number of nitrogens with one attached hydrogen (secondary N) is 1. The highest BCUT2D eigenvalue weighted by molar-refractivity contribution is 5.70. The molecule has 0 bridgehead atoms. The number of piperidine rings is 1. The molecule has 4 heteroatoms. The summed E-state index contributed by atoms with van der Waals surface area (Å²) in [5.41, 5.74) is 0. The SMILES string of the molecule is O=C(O)C1CCNC(CO)C1. The molecule has 3 N–H and O–H groups in total. The Hall–Kier alpha value is -0.610. The van der Waals surface area contributed by atoms with Crippen LogP contribution in [-0.2, 0) is 4.79 Å². The van der Waals surface area contributed by atoms with Crippen LogP contribution >= 0.6 is 0 Å². The molecule has 1 heterocycles. The first-order valence-electron chi connectivity index (χ1n) is 3.81. The number of aliphatic carboxylic acids is 1. The molecule has 4 nitrogen and oxygen atoms in total. The van der Waals surface area contributed by atoms with E-state index in [9.17, 15) is 4.79 Å². The highest BCUT2D eigenvalue weighted by Crippen LogP contribution is 2.15. The third-order valence-electron chi connectivity index (χ3n) is 2.06. The fraction of sp³-hybridized carbons (Fsp3) is 0.857. The van der Waals surface area contributed by atoms with Gasteiger partial charge in [0.05, 0.1) is 12.5 Å². The van der Waals surface area contributed by atoms with Crippen molar-refractivity contribution in [2.75, 3.05) is 13.2 Å². The van der Waals surface area contributed by atoms with Crippen molar-refractivity contribution in [2.45, 2.75) is 18.9 Å². The van der Waals surface area contributed by atoms with Gasteiger partial charge in [-0.25, -0.2) is 0 Å². The van der Waals surface area contributed by atoms with Gasteiger partial charge in [0.15, 0.2) is 0 Å². The van der Waals surface area contributed by atoms with Crippen molar-refractivity contribution in [3.8, 4) is 0 Å². The molecule has 0 aromatic carbocycles. The van der Waals surface area contributed by atoms with Gasteiger partial charge in [0, 0.05) is 6.04 Å². The molecule has 2 unspecified atom stereocenters. The maximum absolute atomic E-state index is 10.5. The van der Waals surface area contributed by atoms with Crippen LogP contribution in [0.4, 0.5) is 0 Å². The minimum Gasteiger partial charge on any atom is -0.481 e. The lowest BCUT2D eigenvalue weighted by Gasteiger charge is -2.26. The monoisotopic (exact) mass is 159 g/mol. The van der Waals surface area contributed by atoms with E-state index in [4.69, 9.17) is 10.2 Å². The Morgan fingerprint density at radius 1 is 1.64 bits per heavy atom. The van der Waals surface area contributed by atoms with Crippen molar-refractivity contribution in [1.82, 2.24) is 5.32 Å². The highest BCUT2D eigenvalue weighted by Gasteiger charge is 2.25. The summed E-state index contributed by atoms with van der Waals surface area (Å²) in [5, 5.41) is 20.4. The smallest absolute Gasteiger partial charge is 0.306 e. The van der Waals surface area contributed by atoms with Gasteiger partial charge in [-0.1, -0.05) is 0 Å². The van der Waals surface area contributed by atoms with E-state index in [2.05, 4.69) is 5.32 Å². The summed E-state index contributed by atoms with van der Waals surface area (Å²) in [7, 11) is 0. The lowest BCUT2D eigenvalue weighted by atomic mass is 9.93. The van der Waals surface area contributed by atoms with Crippen molar-refractivity contribution in [2.24, 2.45) is 5.92 Å². The molecule has 1 aliphatic rings. The van der Waals surface area contributed by atoms with Gasteiger partial charge in [0.25, 0.3) is 0 Å². The van der Waals surface area contributed by atoms with E-state index >= 15 is 0 Å². The molecule has 0 saturated carbocycles. The maximum Gasteiger partial charge on any atom is 0.306 e. The van der Waals surface area contributed by atoms with Crippen molar-refractivity contribution < 1.29 is 15.0 Å². The predicted molar refractivity (Wildman–Crippen MR) is 39.2 cm³/mol. The molecule has 1 rings (SSSR count). The van der Waals surface area contributed by atoms with E-state index in [0.29, 0.717) is 19.4 Å². The first-order valence-corrected chi connectivity index (χ1v) is 3.81. The first kappa shape index (κ1) is 8.49. The highest BCUT2D eigenvalue weighted by atomic mass is 16.4. The molecule has 1 fully saturated rings. The summed E-state index contributed by atoms with van der Waals surface area (Å²) in [6.07, 6.45) is 1.22. The number of rotatable bonds is 2. The van der Waals surface area contributed by atoms with Gasteiger partial charge >= 0.3 is 5.97 Å². The molecule has 0 aromatic rings. The normalized spacial score (nSPS) is 31.7. The zero-order valence-electron chi connectivity index (χ0n) is 6.29. The number of carboxylic acid groups (broad SMARTS) is 1. The Balaban J connectivity index is 2.39. The second kappa shape index (κ2) is 3.69. The molecule has 0 amide bonds. The van der Waals surface area contributed by atoms with E-state index in [1.807, 2.05) is 0 Å². The summed E-state index contributed by atoms with van der Waals surface area (Å²) in [6.45, 7) is 0.728. The number of aliphatic hydroxyl groups excluding tert-OH is 1. The quantitative estimate of drug-likeness (QED) is 0.504. The summed E-state index contributed by atoms with van der Waals surface area (Å²) in [6, 6.07) is -0.0233. The van der Waals surface area contributed by atoms with Crippen LogP contribution in [0.15, 0.2) is 0 Å². The van der Waals surface area contributed by atoms with Crippen LogP contribution in [-0.4, -0.2) is 35.4 Å². The van der Waals surface area contributed by atoms with Crippen LogP contribution in [0.25, 0.3) is 0 Å². The molecule has 2 atom stereocenters. The van der Waals surface area contributed by atoms with Crippen LogP contribution in [0, 0.1) is 5.92 Å². The van der Waals surface area contributed by atoms with Crippen molar-refractivity contribution >= 4 is 5.97 Å². The average Bonchev–Trinajstić information content (AvgIpc) is 2.05. The Morgan fingerprint density at radius 2 is 2.36 bits per heavy atom. The lowest BCUT2D eigenvalue weighted by molar-refractivity contribution is -0.143. The molecule has 0 radical (unpaired) electrons. The van der Waals surface area contributed by atoms with E-state index in [1.54, 1.807) is 0 Å². The van der Waals surface area contributed by atoms with Crippen LogP contribution in [0.1, 0.15) is 12.8 Å². The molecule has 64 valence electrons. The number of hydrogen-bond donors (Lipinski definition) is 3. The Labute approximate surface area is 65.2 Å². The Kier molecular flexibility index (Phi) is 2.84. The molecular weight excluding hydrogens is 146 g/mol. The van der Waals surface area contributed by atoms with Gasteiger partial charge in [-0.2, -0.15) is 0 Å². The average molecular weight is 159 g/mol. The summed E-state index contributed by atoms with van der Waals surface area (Å²) >= 11 is 0. The standard InChI is InChI=1S/C7H13NO3/c9-4-6-3-5(7(10)11)1-2-8-6/h5-6,8-9H,1-4H2,(H,10,11). The molecule has 1 aliphatic heterocycles. The Bertz CT molecular complexity index is 149. The van der Waals surface area contributed by atoms with E-state index in [-0.39, 0.29) is 18.6 Å². The minimum atomic E-state index is -0.745. The molecule has 1 saturated heterocycles. The van der Waals surface area contributed by atoms with Gasteiger partial charge in [-0.3, -0.25) is 4.79 Å². The largest absolute Gasteiger partial charge is 0.481 e. The van der Waals surface area contributed by atoms with Crippen molar-refractivity contribution in [1.29, 1.82) is 0 Å². The van der Waals surface area contributed by atoms with Gasteiger partial charge in [-0.05, 0) is 19.4 Å².